The Balaban J connectivity index is 2.23. The van der Waals surface area contributed by atoms with Crippen molar-refractivity contribution in [2.75, 3.05) is 26.3 Å². The second kappa shape index (κ2) is 5.12. The van der Waals surface area contributed by atoms with Crippen molar-refractivity contribution in [2.24, 2.45) is 5.73 Å². The smallest absolute Gasteiger partial charge is 0.0645 e. The van der Waals surface area contributed by atoms with Crippen LogP contribution >= 0.6 is 0 Å². The van der Waals surface area contributed by atoms with Crippen molar-refractivity contribution in [1.29, 1.82) is 0 Å². The van der Waals surface area contributed by atoms with Gasteiger partial charge >= 0.3 is 0 Å². The van der Waals surface area contributed by atoms with Gasteiger partial charge in [0.05, 0.1) is 13.2 Å². The lowest BCUT2D eigenvalue weighted by Gasteiger charge is -2.46. The van der Waals surface area contributed by atoms with Crippen LogP contribution < -0.4 is 5.73 Å². The van der Waals surface area contributed by atoms with Crippen molar-refractivity contribution in [3.05, 3.63) is 30.1 Å². The Kier molecular flexibility index (Phi) is 3.76. The number of morpholine rings is 1. The molecule has 94 valence electrons. The molecule has 0 aliphatic carbocycles. The van der Waals surface area contributed by atoms with Crippen molar-refractivity contribution in [2.45, 2.75) is 25.4 Å². The molecule has 0 spiro atoms. The number of rotatable bonds is 3. The topological polar surface area (TPSA) is 51.4 Å². The molecule has 4 nitrogen and oxygen atoms in total. The highest BCUT2D eigenvalue weighted by atomic mass is 16.5. The molecule has 1 unspecified atom stereocenters. The molecule has 1 aromatic heterocycles. The third kappa shape index (κ3) is 2.65. The standard InChI is InChI=1S/C13H21N3O/c1-13(2)10-17-7-6-16(13)12(8-14)11-4-3-5-15-9-11/h3-5,9,12H,6-8,10,14H2,1-2H3. The van der Waals surface area contributed by atoms with E-state index in [4.69, 9.17) is 10.5 Å². The number of hydrogen-bond donors (Lipinski definition) is 1. The van der Waals surface area contributed by atoms with Gasteiger partial charge in [0.15, 0.2) is 0 Å². The van der Waals surface area contributed by atoms with Gasteiger partial charge in [-0.25, -0.2) is 0 Å². The highest BCUT2D eigenvalue weighted by molar-refractivity contribution is 5.16. The van der Waals surface area contributed by atoms with Gasteiger partial charge in [0.2, 0.25) is 0 Å². The van der Waals surface area contributed by atoms with Crippen LogP contribution in [0.25, 0.3) is 0 Å². The molecule has 1 atom stereocenters. The van der Waals surface area contributed by atoms with Gasteiger partial charge in [-0.2, -0.15) is 0 Å². The summed E-state index contributed by atoms with van der Waals surface area (Å²) in [5.74, 6) is 0. The molecule has 2 N–H and O–H groups in total. The number of nitrogens with zero attached hydrogens (tertiary/aromatic N) is 2. The van der Waals surface area contributed by atoms with Crippen LogP contribution in [0.3, 0.4) is 0 Å². The highest BCUT2D eigenvalue weighted by Crippen LogP contribution is 2.29. The maximum atomic E-state index is 5.95. The molecule has 1 aromatic rings. The first-order valence-electron chi connectivity index (χ1n) is 6.09. The van der Waals surface area contributed by atoms with E-state index in [2.05, 4.69) is 29.8 Å². The Labute approximate surface area is 103 Å². The largest absolute Gasteiger partial charge is 0.378 e. The van der Waals surface area contributed by atoms with E-state index in [1.54, 1.807) is 6.20 Å². The molecule has 0 amide bonds. The van der Waals surface area contributed by atoms with Crippen LogP contribution in [0.5, 0.6) is 0 Å². The van der Waals surface area contributed by atoms with Crippen LogP contribution in [0, 0.1) is 0 Å². The van der Waals surface area contributed by atoms with Crippen molar-refractivity contribution < 1.29 is 4.74 Å². The minimum Gasteiger partial charge on any atom is -0.378 e. The molecular weight excluding hydrogens is 214 g/mol. The fourth-order valence-electron chi connectivity index (χ4n) is 2.46. The third-order valence-electron chi connectivity index (χ3n) is 3.38. The molecule has 1 aliphatic rings. The fraction of sp³-hybridized carbons (Fsp3) is 0.615. The monoisotopic (exact) mass is 235 g/mol. The molecule has 1 saturated heterocycles. The van der Waals surface area contributed by atoms with E-state index in [0.717, 1.165) is 19.8 Å². The molecule has 1 fully saturated rings. The molecule has 0 bridgehead atoms. The van der Waals surface area contributed by atoms with Gasteiger partial charge < -0.3 is 10.5 Å². The van der Waals surface area contributed by atoms with Gasteiger partial charge in [-0.1, -0.05) is 6.07 Å². The lowest BCUT2D eigenvalue weighted by molar-refractivity contribution is -0.0713. The lowest BCUT2D eigenvalue weighted by atomic mass is 9.96. The normalized spacial score (nSPS) is 22.3. The Hall–Kier alpha value is -0.970. The van der Waals surface area contributed by atoms with E-state index >= 15 is 0 Å². The molecule has 17 heavy (non-hydrogen) atoms. The molecule has 2 heterocycles. The average molecular weight is 235 g/mol. The van der Waals surface area contributed by atoms with Gasteiger partial charge in [-0.3, -0.25) is 9.88 Å². The summed E-state index contributed by atoms with van der Waals surface area (Å²) in [6.45, 7) is 7.46. The zero-order valence-electron chi connectivity index (χ0n) is 10.6. The Morgan fingerprint density at radius 2 is 2.41 bits per heavy atom. The van der Waals surface area contributed by atoms with Crippen molar-refractivity contribution in [1.82, 2.24) is 9.88 Å². The first kappa shape index (κ1) is 12.5. The van der Waals surface area contributed by atoms with Gasteiger partial charge in [-0.15, -0.1) is 0 Å². The van der Waals surface area contributed by atoms with E-state index in [0.29, 0.717) is 6.54 Å². The molecule has 0 aromatic carbocycles. The predicted molar refractivity (Wildman–Crippen MR) is 67.6 cm³/mol. The maximum Gasteiger partial charge on any atom is 0.0645 e. The van der Waals surface area contributed by atoms with E-state index < -0.39 is 0 Å². The van der Waals surface area contributed by atoms with Gasteiger partial charge in [0.1, 0.15) is 0 Å². The summed E-state index contributed by atoms with van der Waals surface area (Å²) in [5.41, 5.74) is 7.16. The fourth-order valence-corrected chi connectivity index (χ4v) is 2.46. The van der Waals surface area contributed by atoms with Crippen LogP contribution in [-0.2, 0) is 4.74 Å². The second-order valence-corrected chi connectivity index (χ2v) is 5.10. The van der Waals surface area contributed by atoms with E-state index in [1.807, 2.05) is 12.3 Å². The summed E-state index contributed by atoms with van der Waals surface area (Å²) >= 11 is 0. The second-order valence-electron chi connectivity index (χ2n) is 5.10. The zero-order valence-corrected chi connectivity index (χ0v) is 10.6. The maximum absolute atomic E-state index is 5.95. The zero-order chi connectivity index (χ0) is 12.3. The highest BCUT2D eigenvalue weighted by Gasteiger charge is 2.35. The van der Waals surface area contributed by atoms with Crippen LogP contribution in [-0.4, -0.2) is 41.7 Å². The first-order valence-corrected chi connectivity index (χ1v) is 6.09. The molecule has 0 saturated carbocycles. The van der Waals surface area contributed by atoms with E-state index in [-0.39, 0.29) is 11.6 Å². The van der Waals surface area contributed by atoms with Crippen LogP contribution in [0.2, 0.25) is 0 Å². The number of aromatic nitrogens is 1. The van der Waals surface area contributed by atoms with Gasteiger partial charge in [-0.05, 0) is 25.5 Å². The van der Waals surface area contributed by atoms with Gasteiger partial charge in [0.25, 0.3) is 0 Å². The molecule has 4 heteroatoms. The lowest BCUT2D eigenvalue weighted by Crippen LogP contribution is -2.55. The summed E-state index contributed by atoms with van der Waals surface area (Å²) < 4.78 is 5.55. The SMILES string of the molecule is CC1(C)COCCN1C(CN)c1cccnc1. The third-order valence-corrected chi connectivity index (χ3v) is 3.38. The molecular formula is C13H21N3O. The number of pyridine rings is 1. The van der Waals surface area contributed by atoms with Crippen LogP contribution in [0.1, 0.15) is 25.5 Å². The van der Waals surface area contributed by atoms with Crippen molar-refractivity contribution >= 4 is 0 Å². The summed E-state index contributed by atoms with van der Waals surface area (Å²) in [4.78, 5) is 6.61. The minimum absolute atomic E-state index is 0.0259. The summed E-state index contributed by atoms with van der Waals surface area (Å²) in [5, 5.41) is 0. The quantitative estimate of drug-likeness (QED) is 0.855. The van der Waals surface area contributed by atoms with Crippen LogP contribution in [0.15, 0.2) is 24.5 Å². The summed E-state index contributed by atoms with van der Waals surface area (Å²) in [6.07, 6.45) is 3.70. The predicted octanol–water partition coefficient (Wildman–Crippen LogP) is 1.19. The van der Waals surface area contributed by atoms with E-state index in [9.17, 15) is 0 Å². The number of nitrogens with two attached hydrogens (primary N) is 1. The molecule has 0 radical (unpaired) electrons. The first-order chi connectivity index (χ1) is 8.15. The Morgan fingerprint density at radius 3 is 3.00 bits per heavy atom. The molecule has 1 aliphatic heterocycles. The van der Waals surface area contributed by atoms with Crippen molar-refractivity contribution in [3.63, 3.8) is 0 Å². The average Bonchev–Trinajstić information content (AvgIpc) is 2.33. The van der Waals surface area contributed by atoms with E-state index in [1.165, 1.54) is 5.56 Å². The van der Waals surface area contributed by atoms with Crippen molar-refractivity contribution in [3.8, 4) is 0 Å². The minimum atomic E-state index is 0.0259. The Bertz CT molecular complexity index is 353. The molecule has 2 rings (SSSR count). The van der Waals surface area contributed by atoms with Crippen LogP contribution in [0.4, 0.5) is 0 Å². The number of hydrogen-bond acceptors (Lipinski definition) is 4. The summed E-state index contributed by atoms with van der Waals surface area (Å²) in [6, 6.07) is 4.28. The summed E-state index contributed by atoms with van der Waals surface area (Å²) in [7, 11) is 0. The van der Waals surface area contributed by atoms with Gasteiger partial charge in [0, 0.05) is 37.1 Å². The number of ether oxygens (including phenoxy) is 1. The Morgan fingerprint density at radius 1 is 1.59 bits per heavy atom.